The van der Waals surface area contributed by atoms with Crippen molar-refractivity contribution in [3.8, 4) is 6.01 Å². The fourth-order valence-corrected chi connectivity index (χ4v) is 2.81. The van der Waals surface area contributed by atoms with E-state index in [2.05, 4.69) is 39.0 Å². The third-order valence-corrected chi connectivity index (χ3v) is 3.43. The Labute approximate surface area is 127 Å². The number of hydrogen-bond donors (Lipinski definition) is 1. The van der Waals surface area contributed by atoms with Crippen molar-refractivity contribution in [2.24, 2.45) is 11.8 Å². The second-order valence-corrected chi connectivity index (χ2v) is 6.29. The van der Waals surface area contributed by atoms with Gasteiger partial charge in [-0.05, 0) is 39.0 Å². The van der Waals surface area contributed by atoms with Crippen molar-refractivity contribution in [1.29, 1.82) is 0 Å². The van der Waals surface area contributed by atoms with Gasteiger partial charge < -0.3 is 15.0 Å². The predicted octanol–water partition coefficient (Wildman–Crippen LogP) is 2.57. The molecular weight excluding hydrogens is 266 g/mol. The maximum absolute atomic E-state index is 5.66. The van der Waals surface area contributed by atoms with Crippen molar-refractivity contribution in [2.75, 3.05) is 29.9 Å². The predicted molar refractivity (Wildman–Crippen MR) is 84.9 cm³/mol. The molecule has 0 spiro atoms. The second kappa shape index (κ2) is 6.91. The van der Waals surface area contributed by atoms with Crippen molar-refractivity contribution in [3.05, 3.63) is 0 Å². The lowest BCUT2D eigenvalue weighted by Gasteiger charge is -2.35. The average molecular weight is 293 g/mol. The van der Waals surface area contributed by atoms with Gasteiger partial charge in [0.05, 0.1) is 6.10 Å². The Bertz CT molecular complexity index is 455. The molecule has 2 unspecified atom stereocenters. The molecule has 2 heterocycles. The van der Waals surface area contributed by atoms with Crippen LogP contribution in [0.1, 0.15) is 41.0 Å². The number of ether oxygens (including phenoxy) is 1. The van der Waals surface area contributed by atoms with Crippen LogP contribution in [0.2, 0.25) is 0 Å². The highest BCUT2D eigenvalue weighted by Crippen LogP contribution is 2.25. The van der Waals surface area contributed by atoms with Gasteiger partial charge in [0.1, 0.15) is 0 Å². The standard InChI is InChI=1S/C15H27N5O/c1-6-16-13-17-14(19-15(18-13)21-10(2)3)20-8-11(4)7-12(5)9-20/h10-12H,6-9H2,1-5H3,(H,16,17,18,19). The molecule has 1 aromatic rings. The molecular formula is C15H27N5O. The van der Waals surface area contributed by atoms with Gasteiger partial charge in [-0.1, -0.05) is 13.8 Å². The van der Waals surface area contributed by atoms with Gasteiger partial charge in [0.25, 0.3) is 0 Å². The zero-order chi connectivity index (χ0) is 15.4. The molecule has 0 radical (unpaired) electrons. The summed E-state index contributed by atoms with van der Waals surface area (Å²) in [6.07, 6.45) is 1.31. The van der Waals surface area contributed by atoms with Crippen LogP contribution in [-0.4, -0.2) is 40.7 Å². The minimum atomic E-state index is 0.0499. The minimum absolute atomic E-state index is 0.0499. The van der Waals surface area contributed by atoms with Crippen LogP contribution in [0.5, 0.6) is 6.01 Å². The first-order valence-electron chi connectivity index (χ1n) is 7.89. The summed E-state index contributed by atoms with van der Waals surface area (Å²) in [5.41, 5.74) is 0. The van der Waals surface area contributed by atoms with Crippen LogP contribution in [0.15, 0.2) is 0 Å². The molecule has 21 heavy (non-hydrogen) atoms. The lowest BCUT2D eigenvalue weighted by atomic mass is 9.92. The van der Waals surface area contributed by atoms with Crippen LogP contribution in [0.4, 0.5) is 11.9 Å². The highest BCUT2D eigenvalue weighted by atomic mass is 16.5. The van der Waals surface area contributed by atoms with Gasteiger partial charge in [0.2, 0.25) is 11.9 Å². The van der Waals surface area contributed by atoms with E-state index in [1.54, 1.807) is 0 Å². The summed E-state index contributed by atoms with van der Waals surface area (Å²) in [6, 6.07) is 0.400. The van der Waals surface area contributed by atoms with E-state index in [0.717, 1.165) is 25.6 Å². The Hall–Kier alpha value is -1.59. The Balaban J connectivity index is 2.25. The normalized spacial score (nSPS) is 22.5. The maximum atomic E-state index is 5.66. The van der Waals surface area contributed by atoms with Gasteiger partial charge in [-0.15, -0.1) is 0 Å². The first-order chi connectivity index (χ1) is 9.97. The summed E-state index contributed by atoms with van der Waals surface area (Å²) in [5, 5.41) is 3.15. The number of aromatic nitrogens is 3. The molecule has 0 aromatic carbocycles. The number of nitrogens with one attached hydrogen (secondary N) is 1. The molecule has 1 saturated heterocycles. The maximum Gasteiger partial charge on any atom is 0.323 e. The summed E-state index contributed by atoms with van der Waals surface area (Å²) >= 11 is 0. The monoisotopic (exact) mass is 293 g/mol. The molecule has 1 fully saturated rings. The SMILES string of the molecule is CCNc1nc(OC(C)C)nc(N2CC(C)CC(C)C2)n1. The van der Waals surface area contributed by atoms with Gasteiger partial charge in [-0.25, -0.2) is 0 Å². The summed E-state index contributed by atoms with van der Waals surface area (Å²) in [7, 11) is 0. The molecule has 6 heteroatoms. The Morgan fingerprint density at radius 3 is 2.43 bits per heavy atom. The molecule has 0 aliphatic carbocycles. The summed E-state index contributed by atoms with van der Waals surface area (Å²) in [6.45, 7) is 13.3. The van der Waals surface area contributed by atoms with Crippen LogP contribution >= 0.6 is 0 Å². The van der Waals surface area contributed by atoms with Gasteiger partial charge in [0.15, 0.2) is 0 Å². The minimum Gasteiger partial charge on any atom is -0.461 e. The van der Waals surface area contributed by atoms with Crippen molar-refractivity contribution >= 4 is 11.9 Å². The lowest BCUT2D eigenvalue weighted by Crippen LogP contribution is -2.40. The summed E-state index contributed by atoms with van der Waals surface area (Å²) in [5.74, 6) is 2.61. The highest BCUT2D eigenvalue weighted by molar-refractivity contribution is 5.39. The summed E-state index contributed by atoms with van der Waals surface area (Å²) < 4.78 is 5.66. The average Bonchev–Trinajstić information content (AvgIpc) is 2.36. The van der Waals surface area contributed by atoms with Crippen LogP contribution < -0.4 is 15.0 Å². The highest BCUT2D eigenvalue weighted by Gasteiger charge is 2.24. The van der Waals surface area contributed by atoms with E-state index in [4.69, 9.17) is 4.74 Å². The molecule has 2 atom stereocenters. The van der Waals surface area contributed by atoms with E-state index in [0.29, 0.717) is 23.8 Å². The number of hydrogen-bond acceptors (Lipinski definition) is 6. The van der Waals surface area contributed by atoms with Crippen molar-refractivity contribution in [1.82, 2.24) is 15.0 Å². The largest absolute Gasteiger partial charge is 0.461 e. The van der Waals surface area contributed by atoms with E-state index in [9.17, 15) is 0 Å². The van der Waals surface area contributed by atoms with Crippen molar-refractivity contribution in [3.63, 3.8) is 0 Å². The molecule has 0 bridgehead atoms. The van der Waals surface area contributed by atoms with Crippen LogP contribution in [0.25, 0.3) is 0 Å². The molecule has 2 rings (SSSR count). The van der Waals surface area contributed by atoms with Crippen LogP contribution in [0.3, 0.4) is 0 Å². The Morgan fingerprint density at radius 2 is 1.86 bits per heavy atom. The number of rotatable bonds is 5. The van der Waals surface area contributed by atoms with Gasteiger partial charge in [0, 0.05) is 19.6 Å². The Morgan fingerprint density at radius 1 is 1.19 bits per heavy atom. The van der Waals surface area contributed by atoms with Crippen LogP contribution in [-0.2, 0) is 0 Å². The molecule has 0 amide bonds. The van der Waals surface area contributed by atoms with E-state index in [-0.39, 0.29) is 6.10 Å². The van der Waals surface area contributed by atoms with E-state index < -0.39 is 0 Å². The molecule has 0 saturated carbocycles. The smallest absolute Gasteiger partial charge is 0.323 e. The van der Waals surface area contributed by atoms with Crippen molar-refractivity contribution < 1.29 is 4.74 Å². The zero-order valence-electron chi connectivity index (χ0n) is 13.8. The molecule has 1 aliphatic rings. The fourth-order valence-electron chi connectivity index (χ4n) is 2.81. The zero-order valence-corrected chi connectivity index (χ0v) is 13.8. The first kappa shape index (κ1) is 15.8. The third kappa shape index (κ3) is 4.44. The van der Waals surface area contributed by atoms with E-state index >= 15 is 0 Å². The van der Waals surface area contributed by atoms with Gasteiger partial charge >= 0.3 is 6.01 Å². The lowest BCUT2D eigenvalue weighted by molar-refractivity contribution is 0.221. The number of piperidine rings is 1. The molecule has 118 valence electrons. The topological polar surface area (TPSA) is 63.2 Å². The van der Waals surface area contributed by atoms with Crippen LogP contribution in [0, 0.1) is 11.8 Å². The quantitative estimate of drug-likeness (QED) is 0.900. The van der Waals surface area contributed by atoms with E-state index in [1.165, 1.54) is 6.42 Å². The van der Waals surface area contributed by atoms with Gasteiger partial charge in [-0.3, -0.25) is 0 Å². The molecule has 6 nitrogen and oxygen atoms in total. The molecule has 1 aliphatic heterocycles. The van der Waals surface area contributed by atoms with E-state index in [1.807, 2.05) is 20.8 Å². The van der Waals surface area contributed by atoms with Crippen molar-refractivity contribution in [2.45, 2.75) is 47.1 Å². The second-order valence-electron chi connectivity index (χ2n) is 6.29. The first-order valence-corrected chi connectivity index (χ1v) is 7.89. The van der Waals surface area contributed by atoms with Gasteiger partial charge in [-0.2, -0.15) is 15.0 Å². The summed E-state index contributed by atoms with van der Waals surface area (Å²) in [4.78, 5) is 15.6. The number of anilines is 2. The fraction of sp³-hybridized carbons (Fsp3) is 0.800. The molecule has 1 N–H and O–H groups in total. The molecule has 1 aromatic heterocycles. The Kier molecular flexibility index (Phi) is 5.20. The third-order valence-electron chi connectivity index (χ3n) is 3.43. The number of nitrogens with zero attached hydrogens (tertiary/aromatic N) is 4.